The van der Waals surface area contributed by atoms with Crippen molar-refractivity contribution in [2.45, 2.75) is 33.0 Å². The summed E-state index contributed by atoms with van der Waals surface area (Å²) in [5.74, 6) is -0.660. The molecule has 29 heavy (non-hydrogen) atoms. The van der Waals surface area contributed by atoms with Crippen LogP contribution in [0.15, 0.2) is 48.5 Å². The number of halogens is 1. The van der Waals surface area contributed by atoms with E-state index >= 15 is 0 Å². The highest BCUT2D eigenvalue weighted by atomic mass is 35.5. The fourth-order valence-electron chi connectivity index (χ4n) is 2.50. The fourth-order valence-corrected chi connectivity index (χ4v) is 2.70. The van der Waals surface area contributed by atoms with Gasteiger partial charge in [-0.15, -0.1) is 10.2 Å². The lowest BCUT2D eigenvalue weighted by atomic mass is 10.1. The number of ether oxygens (including phenoxy) is 1. The minimum Gasteiger partial charge on any atom is -0.451 e. The summed E-state index contributed by atoms with van der Waals surface area (Å²) in [6, 6.07) is 14.8. The predicted octanol–water partition coefficient (Wildman–Crippen LogP) is 2.55. The van der Waals surface area contributed by atoms with Crippen LogP contribution in [0.5, 0.6) is 0 Å². The maximum atomic E-state index is 12.2. The molecule has 1 heterocycles. The van der Waals surface area contributed by atoms with Gasteiger partial charge in [-0.05, 0) is 30.7 Å². The van der Waals surface area contributed by atoms with E-state index < -0.39 is 18.0 Å². The molecule has 0 fully saturated rings. The maximum Gasteiger partial charge on any atom is 0.330 e. The Labute approximate surface area is 172 Å². The Morgan fingerprint density at radius 1 is 1.17 bits per heavy atom. The van der Waals surface area contributed by atoms with Gasteiger partial charge in [0.2, 0.25) is 5.82 Å². The van der Waals surface area contributed by atoms with Crippen molar-refractivity contribution in [3.8, 4) is 11.4 Å². The second-order valence-corrected chi connectivity index (χ2v) is 6.86. The summed E-state index contributed by atoms with van der Waals surface area (Å²) in [5, 5.41) is 15.2. The number of aryl methyl sites for hydroxylation is 1. The number of esters is 1. The van der Waals surface area contributed by atoms with E-state index in [1.165, 1.54) is 6.92 Å². The summed E-state index contributed by atoms with van der Waals surface area (Å²) in [7, 11) is 0. The Morgan fingerprint density at radius 3 is 2.62 bits per heavy atom. The molecule has 0 aliphatic rings. The van der Waals surface area contributed by atoms with Crippen molar-refractivity contribution in [2.75, 3.05) is 0 Å². The molecule has 1 amide bonds. The number of carbonyl (C=O) groups excluding carboxylic acids is 2. The topological polar surface area (TPSA) is 99.0 Å². The van der Waals surface area contributed by atoms with Gasteiger partial charge in [-0.25, -0.2) is 4.79 Å². The Hall–Kier alpha value is -3.26. The van der Waals surface area contributed by atoms with Crippen LogP contribution in [-0.4, -0.2) is 38.2 Å². The lowest BCUT2D eigenvalue weighted by molar-refractivity contribution is -0.155. The van der Waals surface area contributed by atoms with Crippen LogP contribution >= 0.6 is 11.6 Å². The molecule has 150 valence electrons. The van der Waals surface area contributed by atoms with Crippen molar-refractivity contribution in [2.24, 2.45) is 0 Å². The van der Waals surface area contributed by atoms with Crippen molar-refractivity contribution in [1.82, 2.24) is 25.5 Å². The SMILES string of the molecule is Cc1ccc(-c2nnn(CC(=O)O[C@@H](C)C(=O)NCc3ccccc3Cl)n2)cc1. The number of amides is 1. The van der Waals surface area contributed by atoms with Gasteiger partial charge in [0.05, 0.1) is 0 Å². The number of nitrogens with one attached hydrogen (secondary N) is 1. The minimum atomic E-state index is -0.968. The summed E-state index contributed by atoms with van der Waals surface area (Å²) in [6.07, 6.45) is -0.968. The first kappa shape index (κ1) is 20.5. The van der Waals surface area contributed by atoms with Crippen LogP contribution in [0.2, 0.25) is 5.02 Å². The number of nitrogens with zero attached hydrogens (tertiary/aromatic N) is 4. The van der Waals surface area contributed by atoms with Crippen LogP contribution < -0.4 is 5.32 Å². The van der Waals surface area contributed by atoms with Crippen molar-refractivity contribution in [1.29, 1.82) is 0 Å². The quantitative estimate of drug-likeness (QED) is 0.597. The third-order valence-electron chi connectivity index (χ3n) is 4.12. The average Bonchev–Trinajstić information content (AvgIpc) is 3.15. The highest BCUT2D eigenvalue weighted by molar-refractivity contribution is 6.31. The summed E-state index contributed by atoms with van der Waals surface area (Å²) in [5.41, 5.74) is 2.69. The molecular formula is C20H20ClN5O3. The van der Waals surface area contributed by atoms with Gasteiger partial charge in [0.15, 0.2) is 12.6 Å². The largest absolute Gasteiger partial charge is 0.451 e. The van der Waals surface area contributed by atoms with E-state index in [1.807, 2.05) is 37.3 Å². The highest BCUT2D eigenvalue weighted by Gasteiger charge is 2.19. The first-order valence-electron chi connectivity index (χ1n) is 8.98. The first-order valence-corrected chi connectivity index (χ1v) is 9.35. The van der Waals surface area contributed by atoms with E-state index in [4.69, 9.17) is 16.3 Å². The van der Waals surface area contributed by atoms with Gasteiger partial charge in [0, 0.05) is 17.1 Å². The molecule has 3 aromatic rings. The predicted molar refractivity (Wildman–Crippen MR) is 107 cm³/mol. The monoisotopic (exact) mass is 413 g/mol. The molecule has 1 atom stereocenters. The summed E-state index contributed by atoms with van der Waals surface area (Å²) >= 11 is 6.06. The molecule has 0 aliphatic carbocycles. The smallest absolute Gasteiger partial charge is 0.330 e. The number of carbonyl (C=O) groups is 2. The summed E-state index contributed by atoms with van der Waals surface area (Å²) < 4.78 is 5.15. The summed E-state index contributed by atoms with van der Waals surface area (Å²) in [6.45, 7) is 3.47. The van der Waals surface area contributed by atoms with E-state index in [0.29, 0.717) is 10.8 Å². The molecule has 1 N–H and O–H groups in total. The zero-order valence-electron chi connectivity index (χ0n) is 16.0. The van der Waals surface area contributed by atoms with Crippen molar-refractivity contribution in [3.63, 3.8) is 0 Å². The van der Waals surface area contributed by atoms with Gasteiger partial charge in [0.1, 0.15) is 0 Å². The number of rotatable bonds is 7. The molecule has 8 nitrogen and oxygen atoms in total. The van der Waals surface area contributed by atoms with E-state index in [2.05, 4.69) is 20.7 Å². The number of hydrogen-bond acceptors (Lipinski definition) is 6. The number of tetrazole rings is 1. The fraction of sp³-hybridized carbons (Fsp3) is 0.250. The summed E-state index contributed by atoms with van der Waals surface area (Å²) in [4.78, 5) is 25.4. The lowest BCUT2D eigenvalue weighted by Crippen LogP contribution is -2.36. The number of aromatic nitrogens is 4. The van der Waals surface area contributed by atoms with E-state index in [0.717, 1.165) is 21.5 Å². The molecule has 0 radical (unpaired) electrons. The Morgan fingerprint density at radius 2 is 1.90 bits per heavy atom. The van der Waals surface area contributed by atoms with Crippen molar-refractivity contribution in [3.05, 3.63) is 64.7 Å². The third kappa shape index (κ3) is 5.61. The van der Waals surface area contributed by atoms with E-state index in [1.54, 1.807) is 18.2 Å². The standard InChI is InChI=1S/C20H20ClN5O3/c1-13-7-9-15(10-8-13)19-23-25-26(24-19)12-18(27)29-14(2)20(28)22-11-16-5-3-4-6-17(16)21/h3-10,14H,11-12H2,1-2H3,(H,22,28)/t14-/m0/s1. The zero-order valence-corrected chi connectivity index (χ0v) is 16.8. The molecular weight excluding hydrogens is 394 g/mol. The molecule has 2 aromatic carbocycles. The van der Waals surface area contributed by atoms with Crippen LogP contribution in [0.25, 0.3) is 11.4 Å². The number of benzene rings is 2. The van der Waals surface area contributed by atoms with Crippen molar-refractivity contribution < 1.29 is 14.3 Å². The van der Waals surface area contributed by atoms with Gasteiger partial charge in [-0.3, -0.25) is 4.79 Å². The van der Waals surface area contributed by atoms with Gasteiger partial charge < -0.3 is 10.1 Å². The second kappa shape index (κ2) is 9.29. The second-order valence-electron chi connectivity index (χ2n) is 6.45. The molecule has 0 saturated carbocycles. The molecule has 0 spiro atoms. The third-order valence-corrected chi connectivity index (χ3v) is 4.49. The van der Waals surface area contributed by atoms with Crippen LogP contribution in [0.1, 0.15) is 18.1 Å². The van der Waals surface area contributed by atoms with Gasteiger partial charge in [0.25, 0.3) is 5.91 Å². The van der Waals surface area contributed by atoms with E-state index in [9.17, 15) is 9.59 Å². The Bertz CT molecular complexity index is 1000. The minimum absolute atomic E-state index is 0.241. The van der Waals surface area contributed by atoms with Gasteiger partial charge in [-0.2, -0.15) is 4.80 Å². The van der Waals surface area contributed by atoms with Gasteiger partial charge in [-0.1, -0.05) is 59.6 Å². The van der Waals surface area contributed by atoms with Gasteiger partial charge >= 0.3 is 5.97 Å². The highest BCUT2D eigenvalue weighted by Crippen LogP contribution is 2.15. The maximum absolute atomic E-state index is 12.2. The molecule has 1 aromatic heterocycles. The normalized spacial score (nSPS) is 11.7. The average molecular weight is 414 g/mol. The van der Waals surface area contributed by atoms with Crippen LogP contribution in [-0.2, 0) is 27.4 Å². The lowest BCUT2D eigenvalue weighted by Gasteiger charge is -2.13. The molecule has 3 rings (SSSR count). The molecule has 0 saturated heterocycles. The molecule has 0 bridgehead atoms. The number of hydrogen-bond donors (Lipinski definition) is 1. The van der Waals surface area contributed by atoms with Crippen molar-refractivity contribution >= 4 is 23.5 Å². The molecule has 0 aliphatic heterocycles. The molecule has 0 unspecified atom stereocenters. The van der Waals surface area contributed by atoms with E-state index in [-0.39, 0.29) is 13.1 Å². The first-order chi connectivity index (χ1) is 13.9. The van der Waals surface area contributed by atoms with Crippen LogP contribution in [0.3, 0.4) is 0 Å². The zero-order chi connectivity index (χ0) is 20.8. The van der Waals surface area contributed by atoms with Crippen LogP contribution in [0.4, 0.5) is 0 Å². The Balaban J connectivity index is 1.50. The van der Waals surface area contributed by atoms with Crippen LogP contribution in [0, 0.1) is 6.92 Å². The molecule has 9 heteroatoms. The Kier molecular flexibility index (Phi) is 6.56.